The quantitative estimate of drug-likeness (QED) is 0.292. The largest absolute Gasteiger partial charge is 0.460 e. The van der Waals surface area contributed by atoms with E-state index in [9.17, 15) is 18.6 Å². The Morgan fingerprint density at radius 3 is 1.98 bits per heavy atom. The lowest BCUT2D eigenvalue weighted by Crippen LogP contribution is -2.67. The van der Waals surface area contributed by atoms with Crippen LogP contribution in [-0.2, 0) is 50.4 Å². The van der Waals surface area contributed by atoms with E-state index in [1.807, 2.05) is 0 Å². The van der Waals surface area contributed by atoms with Crippen molar-refractivity contribution in [3.63, 3.8) is 0 Å². The maximum Gasteiger partial charge on any atom is 0.408 e. The molecule has 13 heteroatoms. The fourth-order valence-corrected chi connectivity index (χ4v) is 6.12. The third-order valence-corrected chi connectivity index (χ3v) is 7.74. The van der Waals surface area contributed by atoms with Crippen molar-refractivity contribution in [2.75, 3.05) is 6.26 Å². The summed E-state index contributed by atoms with van der Waals surface area (Å²) in [6, 6.07) is 4.90. The van der Waals surface area contributed by atoms with Gasteiger partial charge in [-0.25, -0.2) is 13.8 Å². The van der Waals surface area contributed by atoms with Crippen molar-refractivity contribution in [2.24, 2.45) is 17.8 Å². The summed E-state index contributed by atoms with van der Waals surface area (Å²) in [4.78, 5) is 41.0. The number of alkyl carbamates (subject to hydrolysis) is 1. The molecule has 2 saturated carbocycles. The molecule has 10 nitrogen and oxygen atoms in total. The SMILES string of the molecule is CS(=O)O[C@@H]1[C@H]2[C@H](C(=O)OC(C)(C)C)[C@H]2[C@](NC(=O)OC(C)(C)C)(C(=O)OC(C)(C)C)[C@@H]1OCc1ccc(Cl)c(Cl)c1. The van der Waals surface area contributed by atoms with Crippen molar-refractivity contribution in [1.29, 1.82) is 0 Å². The monoisotopic (exact) mass is 649 g/mol. The number of carbonyl (C=O) groups is 3. The van der Waals surface area contributed by atoms with Crippen LogP contribution in [0.1, 0.15) is 67.9 Å². The Labute approximate surface area is 260 Å². The second kappa shape index (κ2) is 12.2. The van der Waals surface area contributed by atoms with Crippen LogP contribution in [0, 0.1) is 17.8 Å². The van der Waals surface area contributed by atoms with E-state index in [0.717, 1.165) is 0 Å². The van der Waals surface area contributed by atoms with Gasteiger partial charge in [0.15, 0.2) is 16.6 Å². The van der Waals surface area contributed by atoms with E-state index >= 15 is 0 Å². The highest BCUT2D eigenvalue weighted by atomic mass is 35.5. The summed E-state index contributed by atoms with van der Waals surface area (Å²) in [6.07, 6.45) is -1.91. The first kappa shape index (κ1) is 34.6. The fraction of sp³-hybridized carbons (Fsp3) is 0.690. The van der Waals surface area contributed by atoms with E-state index in [4.69, 9.17) is 46.3 Å². The van der Waals surface area contributed by atoms with Crippen molar-refractivity contribution in [3.05, 3.63) is 33.8 Å². The van der Waals surface area contributed by atoms with Gasteiger partial charge in [-0.1, -0.05) is 29.3 Å². The van der Waals surface area contributed by atoms with Crippen molar-refractivity contribution < 1.29 is 41.7 Å². The van der Waals surface area contributed by atoms with Gasteiger partial charge >= 0.3 is 18.0 Å². The van der Waals surface area contributed by atoms with Crippen LogP contribution in [0.3, 0.4) is 0 Å². The van der Waals surface area contributed by atoms with Crippen molar-refractivity contribution >= 4 is 52.3 Å². The molecule has 0 aromatic heterocycles. The van der Waals surface area contributed by atoms with Gasteiger partial charge in [0.05, 0.1) is 22.6 Å². The van der Waals surface area contributed by atoms with Crippen LogP contribution >= 0.6 is 23.2 Å². The van der Waals surface area contributed by atoms with Gasteiger partial charge in [0, 0.05) is 18.1 Å². The highest BCUT2D eigenvalue weighted by Gasteiger charge is 2.82. The molecule has 7 atom stereocenters. The maximum atomic E-state index is 14.2. The number of amides is 1. The normalized spacial score (nSPS) is 28.0. The van der Waals surface area contributed by atoms with E-state index in [2.05, 4.69) is 5.32 Å². The molecule has 1 amide bonds. The zero-order chi connectivity index (χ0) is 32.0. The zero-order valence-electron chi connectivity index (χ0n) is 25.7. The number of carbonyl (C=O) groups excluding carboxylic acids is 3. The zero-order valence-corrected chi connectivity index (χ0v) is 28.0. The summed E-state index contributed by atoms with van der Waals surface area (Å²) in [5, 5.41) is 3.37. The minimum absolute atomic E-state index is 0.0884. The molecule has 1 unspecified atom stereocenters. The fourth-order valence-electron chi connectivity index (χ4n) is 5.26. The molecule has 3 rings (SSSR count). The summed E-state index contributed by atoms with van der Waals surface area (Å²) in [6.45, 7) is 15.1. The van der Waals surface area contributed by atoms with E-state index < -0.39 is 81.4 Å². The summed E-state index contributed by atoms with van der Waals surface area (Å²) in [7, 11) is 0. The predicted octanol–water partition coefficient (Wildman–Crippen LogP) is 5.38. The van der Waals surface area contributed by atoms with Crippen LogP contribution in [0.15, 0.2) is 18.2 Å². The number of ether oxygens (including phenoxy) is 4. The number of halogens is 2. The van der Waals surface area contributed by atoms with Gasteiger partial charge in [-0.2, -0.15) is 0 Å². The van der Waals surface area contributed by atoms with Crippen LogP contribution < -0.4 is 5.32 Å². The van der Waals surface area contributed by atoms with Crippen LogP contribution in [0.25, 0.3) is 0 Å². The van der Waals surface area contributed by atoms with Gasteiger partial charge in [0.1, 0.15) is 29.0 Å². The molecular weight excluding hydrogens is 609 g/mol. The van der Waals surface area contributed by atoms with Gasteiger partial charge < -0.3 is 24.3 Å². The third kappa shape index (κ3) is 8.16. The third-order valence-electron chi connectivity index (χ3n) is 6.51. The molecule has 1 aromatic carbocycles. The molecule has 0 saturated heterocycles. The van der Waals surface area contributed by atoms with E-state index in [-0.39, 0.29) is 6.61 Å². The van der Waals surface area contributed by atoms with Crippen LogP contribution in [-0.4, -0.2) is 63.0 Å². The Morgan fingerprint density at radius 2 is 1.48 bits per heavy atom. The molecule has 2 aliphatic rings. The molecule has 0 bridgehead atoms. The first-order valence-corrected chi connectivity index (χ1v) is 15.8. The molecule has 236 valence electrons. The standard InChI is InChI=1S/C29H41Cl2NO9S/c1-26(2,3)38-23(33)19-18-20(19)29(24(34)39-27(4,5)6,32-25(35)40-28(7,8)9)22(21(18)41-42(10)36)37-14-15-11-12-16(30)17(31)13-15/h11-13,18-22H,14H2,1-10H3,(H,32,35)/t18-,19-,20-,21+,22+,29+,42?/m0/s1. The molecule has 42 heavy (non-hydrogen) atoms. The lowest BCUT2D eigenvalue weighted by Gasteiger charge is -2.40. The maximum absolute atomic E-state index is 14.2. The molecular formula is C29H41Cl2NO9S. The molecule has 2 aliphatic carbocycles. The Bertz CT molecular complexity index is 1240. The van der Waals surface area contributed by atoms with Gasteiger partial charge in [0.2, 0.25) is 0 Å². The Hall–Kier alpha value is -1.92. The van der Waals surface area contributed by atoms with Gasteiger partial charge in [-0.05, 0) is 80.0 Å². The molecule has 0 heterocycles. The first-order chi connectivity index (χ1) is 19.1. The van der Waals surface area contributed by atoms with E-state index in [0.29, 0.717) is 15.6 Å². The molecule has 0 aliphatic heterocycles. The van der Waals surface area contributed by atoms with Crippen molar-refractivity contribution in [2.45, 2.75) is 103 Å². The highest BCUT2D eigenvalue weighted by molar-refractivity contribution is 7.79. The van der Waals surface area contributed by atoms with Crippen molar-refractivity contribution in [3.8, 4) is 0 Å². The number of rotatable bonds is 8. The molecule has 1 aromatic rings. The Kier molecular flexibility index (Phi) is 10.1. The lowest BCUT2D eigenvalue weighted by molar-refractivity contribution is -0.177. The predicted molar refractivity (Wildman–Crippen MR) is 158 cm³/mol. The summed E-state index contributed by atoms with van der Waals surface area (Å²) in [5.41, 5.74) is -4.08. The van der Waals surface area contributed by atoms with Crippen LogP contribution in [0.2, 0.25) is 10.0 Å². The van der Waals surface area contributed by atoms with Crippen LogP contribution in [0.4, 0.5) is 4.79 Å². The topological polar surface area (TPSA) is 126 Å². The number of esters is 2. The minimum Gasteiger partial charge on any atom is -0.460 e. The average molecular weight is 651 g/mol. The van der Waals surface area contributed by atoms with Gasteiger partial charge in [0.25, 0.3) is 0 Å². The van der Waals surface area contributed by atoms with Gasteiger partial charge in [-0.15, -0.1) is 0 Å². The molecule has 2 fully saturated rings. The number of benzene rings is 1. The number of nitrogens with one attached hydrogen (secondary N) is 1. The smallest absolute Gasteiger partial charge is 0.408 e. The minimum atomic E-state index is -1.97. The first-order valence-electron chi connectivity index (χ1n) is 13.6. The molecule has 0 spiro atoms. The molecule has 1 N–H and O–H groups in total. The number of hydrogen-bond donors (Lipinski definition) is 1. The van der Waals surface area contributed by atoms with Crippen LogP contribution in [0.5, 0.6) is 0 Å². The summed E-state index contributed by atoms with van der Waals surface area (Å²) >= 11 is 10.4. The second-order valence-electron chi connectivity index (χ2n) is 13.6. The summed E-state index contributed by atoms with van der Waals surface area (Å²) in [5.74, 6) is -3.89. The molecule has 0 radical (unpaired) electrons. The number of hydrogen-bond acceptors (Lipinski definition) is 9. The summed E-state index contributed by atoms with van der Waals surface area (Å²) < 4.78 is 41.7. The average Bonchev–Trinajstić information content (AvgIpc) is 3.46. The Morgan fingerprint density at radius 1 is 0.905 bits per heavy atom. The second-order valence-corrected chi connectivity index (χ2v) is 15.4. The van der Waals surface area contributed by atoms with E-state index in [1.54, 1.807) is 80.5 Å². The number of fused-ring (bicyclic) bond motifs is 1. The lowest BCUT2D eigenvalue weighted by atomic mass is 9.86. The highest BCUT2D eigenvalue weighted by Crippen LogP contribution is 2.65. The van der Waals surface area contributed by atoms with Gasteiger partial charge in [-0.3, -0.25) is 8.98 Å². The van der Waals surface area contributed by atoms with Crippen molar-refractivity contribution in [1.82, 2.24) is 5.32 Å². The van der Waals surface area contributed by atoms with E-state index in [1.165, 1.54) is 6.26 Å². The Balaban J connectivity index is 2.16.